The van der Waals surface area contributed by atoms with Gasteiger partial charge in [-0.05, 0) is 17.7 Å². The van der Waals surface area contributed by atoms with Crippen LogP contribution < -0.4 is 4.74 Å². The van der Waals surface area contributed by atoms with Gasteiger partial charge in [0, 0.05) is 13.0 Å². The lowest BCUT2D eigenvalue weighted by atomic mass is 9.93. The van der Waals surface area contributed by atoms with Gasteiger partial charge in [0.05, 0.1) is 39.5 Å². The number of nitrogens with zero attached hydrogens (tertiary/aromatic N) is 1. The number of benzene rings is 1. The van der Waals surface area contributed by atoms with Crippen LogP contribution in [0.4, 0.5) is 0 Å². The molecule has 0 aromatic heterocycles. The normalized spacial score (nSPS) is 14.9. The van der Waals surface area contributed by atoms with Gasteiger partial charge in [-0.15, -0.1) is 0 Å². The number of amides is 1. The molecule has 0 saturated carbocycles. The summed E-state index contributed by atoms with van der Waals surface area (Å²) >= 11 is 0. The molecule has 3 atom stereocenters. The molecule has 0 fully saturated rings. The Bertz CT molecular complexity index is 476. The minimum Gasteiger partial charge on any atom is -0.497 e. The number of hydrogen-bond donors (Lipinski definition) is 1. The third kappa shape index (κ3) is 5.82. The van der Waals surface area contributed by atoms with Crippen LogP contribution >= 0.6 is 0 Å². The maximum Gasteiger partial charge on any atom is 0.251 e. The highest BCUT2D eigenvalue weighted by atomic mass is 16.7. The molecule has 130 valence electrons. The Morgan fingerprint density at radius 1 is 1.22 bits per heavy atom. The van der Waals surface area contributed by atoms with Gasteiger partial charge in [-0.1, -0.05) is 26.0 Å². The van der Waals surface area contributed by atoms with E-state index in [1.807, 2.05) is 31.2 Å². The molecule has 6 nitrogen and oxygen atoms in total. The van der Waals surface area contributed by atoms with Gasteiger partial charge in [0.15, 0.2) is 0 Å². The van der Waals surface area contributed by atoms with E-state index >= 15 is 0 Å². The molecule has 1 N–H and O–H groups in total. The number of hydrogen-bond acceptors (Lipinski definition) is 5. The lowest BCUT2D eigenvalue weighted by Crippen LogP contribution is -2.40. The van der Waals surface area contributed by atoms with Crippen molar-refractivity contribution in [3.05, 3.63) is 29.8 Å². The van der Waals surface area contributed by atoms with Gasteiger partial charge in [-0.25, -0.2) is 5.06 Å². The van der Waals surface area contributed by atoms with E-state index in [-0.39, 0.29) is 11.8 Å². The van der Waals surface area contributed by atoms with Crippen molar-refractivity contribution in [2.45, 2.75) is 26.6 Å². The fourth-order valence-corrected chi connectivity index (χ4v) is 2.20. The van der Waals surface area contributed by atoms with Crippen LogP contribution in [0.15, 0.2) is 24.3 Å². The van der Waals surface area contributed by atoms with Crippen LogP contribution in [0.1, 0.15) is 19.4 Å². The Labute approximate surface area is 137 Å². The quantitative estimate of drug-likeness (QED) is 0.702. The van der Waals surface area contributed by atoms with Gasteiger partial charge >= 0.3 is 0 Å². The SMILES string of the molecule is COc1ccc(COCC(C)C(O)C(C)C(=O)N(C)OC)cc1. The number of aliphatic hydroxyl groups is 1. The van der Waals surface area contributed by atoms with Crippen LogP contribution in [-0.2, 0) is 21.0 Å². The summed E-state index contributed by atoms with van der Waals surface area (Å²) < 4.78 is 10.7. The third-order valence-electron chi connectivity index (χ3n) is 3.88. The van der Waals surface area contributed by atoms with E-state index in [4.69, 9.17) is 14.3 Å². The monoisotopic (exact) mass is 325 g/mol. The lowest BCUT2D eigenvalue weighted by Gasteiger charge is -2.26. The third-order valence-corrected chi connectivity index (χ3v) is 3.88. The summed E-state index contributed by atoms with van der Waals surface area (Å²) in [5, 5.41) is 11.4. The van der Waals surface area contributed by atoms with Crippen molar-refractivity contribution in [3.8, 4) is 5.75 Å². The van der Waals surface area contributed by atoms with Gasteiger partial charge in [-0.2, -0.15) is 0 Å². The van der Waals surface area contributed by atoms with Crippen molar-refractivity contribution in [3.63, 3.8) is 0 Å². The average Bonchev–Trinajstić information content (AvgIpc) is 2.59. The second-order valence-electron chi connectivity index (χ2n) is 5.64. The molecule has 0 spiro atoms. The molecule has 0 radical (unpaired) electrons. The van der Waals surface area contributed by atoms with Crippen molar-refractivity contribution >= 4 is 5.91 Å². The fourth-order valence-electron chi connectivity index (χ4n) is 2.20. The summed E-state index contributed by atoms with van der Waals surface area (Å²) in [7, 11) is 4.56. The molecular weight excluding hydrogens is 298 g/mol. The highest BCUT2D eigenvalue weighted by molar-refractivity contribution is 5.77. The smallest absolute Gasteiger partial charge is 0.251 e. The Hall–Kier alpha value is -1.63. The molecule has 23 heavy (non-hydrogen) atoms. The number of ether oxygens (including phenoxy) is 2. The largest absolute Gasteiger partial charge is 0.497 e. The van der Waals surface area contributed by atoms with E-state index < -0.39 is 12.0 Å². The molecule has 0 aliphatic heterocycles. The molecule has 0 aliphatic rings. The Balaban J connectivity index is 2.42. The molecule has 1 aromatic rings. The number of rotatable bonds is 9. The van der Waals surface area contributed by atoms with Crippen molar-refractivity contribution in [1.82, 2.24) is 5.06 Å². The second-order valence-corrected chi connectivity index (χ2v) is 5.64. The van der Waals surface area contributed by atoms with Gasteiger partial charge in [0.1, 0.15) is 5.75 Å². The van der Waals surface area contributed by atoms with Crippen LogP contribution in [0.2, 0.25) is 0 Å². The van der Waals surface area contributed by atoms with E-state index in [0.29, 0.717) is 13.2 Å². The molecule has 0 heterocycles. The first kappa shape index (κ1) is 19.4. The maximum atomic E-state index is 12.0. The van der Waals surface area contributed by atoms with Crippen molar-refractivity contribution < 1.29 is 24.2 Å². The van der Waals surface area contributed by atoms with Crippen LogP contribution in [-0.4, -0.2) is 50.1 Å². The first-order valence-electron chi connectivity index (χ1n) is 7.61. The van der Waals surface area contributed by atoms with E-state index in [1.54, 1.807) is 14.0 Å². The molecule has 6 heteroatoms. The van der Waals surface area contributed by atoms with Crippen LogP contribution in [0.25, 0.3) is 0 Å². The average molecular weight is 325 g/mol. The zero-order valence-corrected chi connectivity index (χ0v) is 14.5. The Morgan fingerprint density at radius 3 is 2.35 bits per heavy atom. The number of carbonyl (C=O) groups is 1. The van der Waals surface area contributed by atoms with Gasteiger partial charge in [-0.3, -0.25) is 9.63 Å². The first-order valence-corrected chi connectivity index (χ1v) is 7.61. The molecule has 1 aromatic carbocycles. The van der Waals surface area contributed by atoms with Crippen molar-refractivity contribution in [2.75, 3.05) is 27.9 Å². The van der Waals surface area contributed by atoms with Crippen LogP contribution in [0, 0.1) is 11.8 Å². The summed E-state index contributed by atoms with van der Waals surface area (Å²) in [4.78, 5) is 16.8. The molecule has 1 amide bonds. The number of aliphatic hydroxyl groups excluding tert-OH is 1. The Morgan fingerprint density at radius 2 is 1.83 bits per heavy atom. The molecule has 1 rings (SSSR count). The van der Waals surface area contributed by atoms with E-state index in [9.17, 15) is 9.90 Å². The lowest BCUT2D eigenvalue weighted by molar-refractivity contribution is -0.177. The minimum atomic E-state index is -0.795. The standard InChI is InChI=1S/C17H27NO5/c1-12(16(19)13(2)17(20)18(3)22-5)10-23-11-14-6-8-15(21-4)9-7-14/h6-9,12-13,16,19H,10-11H2,1-5H3. The molecule has 0 bridgehead atoms. The van der Waals surface area contributed by atoms with E-state index in [2.05, 4.69) is 0 Å². The summed E-state index contributed by atoms with van der Waals surface area (Å²) in [6, 6.07) is 7.61. The molecule has 3 unspecified atom stereocenters. The second kappa shape index (κ2) is 9.50. The molecular formula is C17H27NO5. The summed E-state index contributed by atoms with van der Waals surface area (Å²) in [6.45, 7) is 4.35. The highest BCUT2D eigenvalue weighted by Crippen LogP contribution is 2.17. The minimum absolute atomic E-state index is 0.169. The topological polar surface area (TPSA) is 68.2 Å². The predicted octanol–water partition coefficient (Wildman–Crippen LogP) is 1.86. The zero-order valence-electron chi connectivity index (χ0n) is 14.5. The van der Waals surface area contributed by atoms with Gasteiger partial charge in [0.25, 0.3) is 5.91 Å². The first-order chi connectivity index (χ1) is 10.9. The summed E-state index contributed by atoms with van der Waals surface area (Å²) in [5.74, 6) is -0.189. The number of carbonyl (C=O) groups excluding carboxylic acids is 1. The van der Waals surface area contributed by atoms with E-state index in [1.165, 1.54) is 14.2 Å². The summed E-state index contributed by atoms with van der Waals surface area (Å²) in [5.41, 5.74) is 1.02. The Kier molecular flexibility index (Phi) is 8.02. The van der Waals surface area contributed by atoms with Crippen molar-refractivity contribution in [1.29, 1.82) is 0 Å². The molecule has 0 saturated heterocycles. The summed E-state index contributed by atoms with van der Waals surface area (Å²) in [6.07, 6.45) is -0.795. The predicted molar refractivity (Wildman–Crippen MR) is 86.8 cm³/mol. The fraction of sp³-hybridized carbons (Fsp3) is 0.588. The number of hydroxylamine groups is 2. The van der Waals surface area contributed by atoms with Crippen LogP contribution in [0.3, 0.4) is 0 Å². The number of methoxy groups -OCH3 is 1. The van der Waals surface area contributed by atoms with E-state index in [0.717, 1.165) is 16.4 Å². The maximum absolute atomic E-state index is 12.0. The zero-order chi connectivity index (χ0) is 17.4. The van der Waals surface area contributed by atoms with Gasteiger partial charge in [0.2, 0.25) is 0 Å². The van der Waals surface area contributed by atoms with Crippen LogP contribution in [0.5, 0.6) is 5.75 Å². The molecule has 0 aliphatic carbocycles. The highest BCUT2D eigenvalue weighted by Gasteiger charge is 2.29. The van der Waals surface area contributed by atoms with Crippen molar-refractivity contribution in [2.24, 2.45) is 11.8 Å². The van der Waals surface area contributed by atoms with Gasteiger partial charge < -0.3 is 14.6 Å².